The zero-order valence-electron chi connectivity index (χ0n) is 14.3. The van der Waals surface area contributed by atoms with Gasteiger partial charge in [-0.15, -0.1) is 11.3 Å². The zero-order valence-corrected chi connectivity index (χ0v) is 15.9. The van der Waals surface area contributed by atoms with Gasteiger partial charge < -0.3 is 19.7 Å². The molecule has 0 fully saturated rings. The Labute approximate surface area is 162 Å². The van der Waals surface area contributed by atoms with Gasteiger partial charge in [-0.1, -0.05) is 0 Å². The number of ether oxygens (including phenoxy) is 2. The van der Waals surface area contributed by atoms with Crippen molar-refractivity contribution in [2.75, 3.05) is 14.2 Å². The van der Waals surface area contributed by atoms with Crippen LogP contribution in [0.3, 0.4) is 0 Å². The number of aromatic nitrogens is 1. The standard InChI is InChI=1S/C17H14N2O6S2/c1-24-8-3-4-11-9(5-8)10(14(18-11)16(23)25-2)6-12-15(22)19(7-13(20)21)17(26)27-12/h3-6,22H,7H2,1-2H3,(H,20,21)/b10-6+. The fourth-order valence-electron chi connectivity index (χ4n) is 2.58. The Morgan fingerprint density at radius 1 is 1.37 bits per heavy atom. The lowest BCUT2D eigenvalue weighted by Gasteiger charge is -2.06. The van der Waals surface area contributed by atoms with Crippen LogP contribution in [-0.2, 0) is 20.9 Å². The van der Waals surface area contributed by atoms with E-state index >= 15 is 0 Å². The van der Waals surface area contributed by atoms with Crippen molar-refractivity contribution in [3.8, 4) is 11.6 Å². The largest absolute Gasteiger partial charge is 0.497 e. The number of carbonyl (C=O) groups is 2. The van der Waals surface area contributed by atoms with E-state index in [1.54, 1.807) is 18.2 Å². The van der Waals surface area contributed by atoms with Crippen molar-refractivity contribution in [3.63, 3.8) is 0 Å². The molecule has 0 spiro atoms. The first-order chi connectivity index (χ1) is 12.8. The first-order valence-electron chi connectivity index (χ1n) is 7.57. The summed E-state index contributed by atoms with van der Waals surface area (Å²) >= 11 is 6.15. The molecule has 1 aliphatic heterocycles. The second-order valence-corrected chi connectivity index (χ2v) is 7.10. The predicted molar refractivity (Wildman–Crippen MR) is 102 cm³/mol. The van der Waals surface area contributed by atoms with Crippen LogP contribution in [0.1, 0.15) is 10.4 Å². The maximum atomic E-state index is 12.2. The molecule has 0 radical (unpaired) electrons. The Bertz CT molecular complexity index is 1060. The fraction of sp³-hybridized carbons (Fsp3) is 0.176. The van der Waals surface area contributed by atoms with Gasteiger partial charge in [0.2, 0.25) is 5.88 Å². The van der Waals surface area contributed by atoms with Crippen molar-refractivity contribution in [2.24, 2.45) is 4.99 Å². The number of aromatic hydroxyl groups is 1. The Hall–Kier alpha value is -2.98. The number of aliphatic carboxylic acids is 1. The summed E-state index contributed by atoms with van der Waals surface area (Å²) in [4.78, 5) is 27.7. The molecule has 0 saturated heterocycles. The van der Waals surface area contributed by atoms with Crippen LogP contribution < -0.4 is 4.74 Å². The highest BCUT2D eigenvalue weighted by atomic mass is 32.1. The molecule has 0 amide bonds. The van der Waals surface area contributed by atoms with Crippen LogP contribution in [0.25, 0.3) is 11.6 Å². The molecule has 2 aromatic rings. The normalized spacial score (nSPS) is 14.0. The van der Waals surface area contributed by atoms with Crippen molar-refractivity contribution in [1.29, 1.82) is 0 Å². The molecular weight excluding hydrogens is 392 g/mol. The molecular formula is C17H14N2O6S2. The Balaban J connectivity index is 2.16. The lowest BCUT2D eigenvalue weighted by atomic mass is 10.0. The van der Waals surface area contributed by atoms with Crippen LogP contribution in [0.4, 0.5) is 5.69 Å². The van der Waals surface area contributed by atoms with E-state index in [0.29, 0.717) is 27.5 Å². The summed E-state index contributed by atoms with van der Waals surface area (Å²) in [6.07, 6.45) is 1.54. The molecule has 27 heavy (non-hydrogen) atoms. The van der Waals surface area contributed by atoms with E-state index in [1.165, 1.54) is 20.3 Å². The van der Waals surface area contributed by atoms with E-state index in [-0.39, 0.29) is 15.5 Å². The van der Waals surface area contributed by atoms with Gasteiger partial charge in [0, 0.05) is 11.1 Å². The number of carboxylic acid groups (broad SMARTS) is 1. The highest BCUT2D eigenvalue weighted by Gasteiger charge is 2.28. The average Bonchev–Trinajstić information content (AvgIpc) is 3.13. The number of esters is 1. The summed E-state index contributed by atoms with van der Waals surface area (Å²) in [7, 11) is 2.77. The first-order valence-corrected chi connectivity index (χ1v) is 8.80. The molecule has 0 unspecified atom stereocenters. The first kappa shape index (κ1) is 18.8. The van der Waals surface area contributed by atoms with Crippen molar-refractivity contribution < 1.29 is 29.3 Å². The number of hydrogen-bond donors (Lipinski definition) is 2. The SMILES string of the molecule is COC(=O)C1=Nc2ccc(OC)cc2/C1=C\c1sc(=S)n(CC(=O)O)c1O. The molecule has 0 saturated carbocycles. The number of hydrogen-bond acceptors (Lipinski definition) is 8. The van der Waals surface area contributed by atoms with Gasteiger partial charge in [0.1, 0.15) is 12.3 Å². The summed E-state index contributed by atoms with van der Waals surface area (Å²) < 4.78 is 11.3. The van der Waals surface area contributed by atoms with E-state index in [9.17, 15) is 14.7 Å². The number of benzene rings is 1. The fourth-order valence-corrected chi connectivity index (χ4v) is 3.82. The minimum Gasteiger partial charge on any atom is -0.497 e. The van der Waals surface area contributed by atoms with Crippen molar-refractivity contribution in [3.05, 3.63) is 32.6 Å². The molecule has 1 aromatic carbocycles. The summed E-state index contributed by atoms with van der Waals surface area (Å²) in [6.45, 7) is -0.466. The number of carboxylic acids is 1. The number of aliphatic imine (C=N–C) groups is 1. The summed E-state index contributed by atoms with van der Waals surface area (Å²) in [6, 6.07) is 5.13. The molecule has 140 valence electrons. The monoisotopic (exact) mass is 406 g/mol. The summed E-state index contributed by atoms with van der Waals surface area (Å²) in [5, 5.41) is 19.3. The van der Waals surface area contributed by atoms with Crippen LogP contribution in [0.2, 0.25) is 0 Å². The molecule has 0 atom stereocenters. The minimum absolute atomic E-state index is 0.0734. The van der Waals surface area contributed by atoms with Gasteiger partial charge in [-0.25, -0.2) is 9.79 Å². The average molecular weight is 406 g/mol. The quantitative estimate of drug-likeness (QED) is 0.580. The predicted octanol–water partition coefficient (Wildman–Crippen LogP) is 2.88. The van der Waals surface area contributed by atoms with Crippen LogP contribution in [-0.4, -0.2) is 46.7 Å². The number of rotatable bonds is 5. The third-order valence-electron chi connectivity index (χ3n) is 3.82. The van der Waals surface area contributed by atoms with Crippen LogP contribution in [0.5, 0.6) is 11.6 Å². The molecule has 2 N–H and O–H groups in total. The van der Waals surface area contributed by atoms with Gasteiger partial charge in [0.15, 0.2) is 9.67 Å². The Morgan fingerprint density at radius 3 is 2.74 bits per heavy atom. The van der Waals surface area contributed by atoms with Gasteiger partial charge >= 0.3 is 11.9 Å². The van der Waals surface area contributed by atoms with E-state index in [0.717, 1.165) is 15.9 Å². The number of fused-ring (bicyclic) bond motifs is 1. The summed E-state index contributed by atoms with van der Waals surface area (Å²) in [5.41, 5.74) is 1.67. The Kier molecular flexibility index (Phi) is 5.10. The van der Waals surface area contributed by atoms with Crippen LogP contribution in [0, 0.1) is 3.95 Å². The second kappa shape index (κ2) is 7.33. The maximum Gasteiger partial charge on any atom is 0.357 e. The molecule has 0 bridgehead atoms. The van der Waals surface area contributed by atoms with E-state index < -0.39 is 18.5 Å². The van der Waals surface area contributed by atoms with E-state index in [1.807, 2.05) is 0 Å². The maximum absolute atomic E-state index is 12.2. The van der Waals surface area contributed by atoms with E-state index in [4.69, 9.17) is 26.8 Å². The zero-order chi connectivity index (χ0) is 19.7. The van der Waals surface area contributed by atoms with Crippen molar-refractivity contribution in [1.82, 2.24) is 4.57 Å². The lowest BCUT2D eigenvalue weighted by molar-refractivity contribution is -0.137. The third-order valence-corrected chi connectivity index (χ3v) is 5.21. The summed E-state index contributed by atoms with van der Waals surface area (Å²) in [5.74, 6) is -1.49. The van der Waals surface area contributed by atoms with Gasteiger partial charge in [-0.2, -0.15) is 0 Å². The van der Waals surface area contributed by atoms with Crippen molar-refractivity contribution >= 4 is 58.5 Å². The molecule has 1 aromatic heterocycles. The van der Waals surface area contributed by atoms with Gasteiger partial charge in [0.05, 0.1) is 24.8 Å². The second-order valence-electron chi connectivity index (χ2n) is 5.43. The van der Waals surface area contributed by atoms with Gasteiger partial charge in [0.25, 0.3) is 0 Å². The lowest BCUT2D eigenvalue weighted by Crippen LogP contribution is -2.14. The third kappa shape index (κ3) is 3.49. The highest BCUT2D eigenvalue weighted by Crippen LogP contribution is 2.40. The molecule has 0 aliphatic carbocycles. The van der Waals surface area contributed by atoms with Gasteiger partial charge in [-0.3, -0.25) is 9.36 Å². The van der Waals surface area contributed by atoms with Crippen LogP contribution >= 0.6 is 23.6 Å². The molecule has 10 heteroatoms. The number of methoxy groups -OCH3 is 2. The number of carbonyl (C=O) groups excluding carboxylic acids is 1. The van der Waals surface area contributed by atoms with Crippen molar-refractivity contribution in [2.45, 2.75) is 6.54 Å². The number of nitrogens with zero attached hydrogens (tertiary/aromatic N) is 2. The van der Waals surface area contributed by atoms with Crippen LogP contribution in [0.15, 0.2) is 23.2 Å². The molecule has 2 heterocycles. The molecule has 8 nitrogen and oxygen atoms in total. The van der Waals surface area contributed by atoms with E-state index in [2.05, 4.69) is 4.99 Å². The highest BCUT2D eigenvalue weighted by molar-refractivity contribution is 7.73. The topological polar surface area (TPSA) is 110 Å². The molecule has 1 aliphatic rings. The smallest absolute Gasteiger partial charge is 0.357 e. The van der Waals surface area contributed by atoms with Gasteiger partial charge in [-0.05, 0) is 36.5 Å². The molecule has 3 rings (SSSR count). The Morgan fingerprint density at radius 2 is 2.11 bits per heavy atom. The number of thiazole rings is 1. The minimum atomic E-state index is -1.13.